The Morgan fingerprint density at radius 3 is 2.51 bits per heavy atom. The molecule has 0 aliphatic heterocycles. The highest BCUT2D eigenvalue weighted by atomic mass is 19.4. The number of amides is 1. The van der Waals surface area contributed by atoms with Crippen LogP contribution >= 0.6 is 0 Å². The van der Waals surface area contributed by atoms with Crippen molar-refractivity contribution in [3.05, 3.63) is 113 Å². The van der Waals surface area contributed by atoms with Gasteiger partial charge in [0.2, 0.25) is 0 Å². The van der Waals surface area contributed by atoms with Crippen LogP contribution in [-0.2, 0) is 19.1 Å². The minimum Gasteiger partial charge on any atom is -0.354 e. The van der Waals surface area contributed by atoms with Crippen molar-refractivity contribution in [1.82, 2.24) is 24.4 Å². The minimum atomic E-state index is -4.61. The van der Waals surface area contributed by atoms with Crippen LogP contribution in [0.4, 0.5) is 13.2 Å². The molecule has 0 atom stereocenters. The van der Waals surface area contributed by atoms with Crippen LogP contribution in [0.15, 0.2) is 79.5 Å². The third-order valence-corrected chi connectivity index (χ3v) is 6.42. The molecule has 7 nitrogen and oxygen atoms in total. The Morgan fingerprint density at radius 2 is 1.79 bits per heavy atom. The van der Waals surface area contributed by atoms with Crippen molar-refractivity contribution in [3.63, 3.8) is 0 Å². The molecule has 0 radical (unpaired) electrons. The summed E-state index contributed by atoms with van der Waals surface area (Å²) in [5, 5.41) is 3.50. The Labute approximate surface area is 221 Å². The van der Waals surface area contributed by atoms with Crippen molar-refractivity contribution in [2.24, 2.45) is 0 Å². The number of aryl methyl sites for hydroxylation is 1. The topological polar surface area (TPSA) is 81.8 Å². The molecular weight excluding hydrogens is 507 g/mol. The van der Waals surface area contributed by atoms with Gasteiger partial charge in [0.15, 0.2) is 5.78 Å². The van der Waals surface area contributed by atoms with Gasteiger partial charge < -0.3 is 14.5 Å². The number of carbonyl (C=O) groups is 2. The second-order valence-electron chi connectivity index (χ2n) is 9.25. The average Bonchev–Trinajstić information content (AvgIpc) is 3.53. The fraction of sp³-hybridized carbons (Fsp3) is 0.172. The lowest BCUT2D eigenvalue weighted by atomic mass is 9.99. The molecule has 5 aromatic rings. The number of halogens is 3. The number of imidazole rings is 1. The Kier molecular flexibility index (Phi) is 6.78. The summed E-state index contributed by atoms with van der Waals surface area (Å²) in [7, 11) is 1.54. The first kappa shape index (κ1) is 25.9. The number of nitrogens with one attached hydrogen (secondary N) is 1. The second-order valence-corrected chi connectivity index (χ2v) is 9.25. The number of Topliss-reactive ketones (excluding diaryl/α,β-unsaturated/α-hetero) is 1. The summed E-state index contributed by atoms with van der Waals surface area (Å²) < 4.78 is 44.4. The lowest BCUT2D eigenvalue weighted by Crippen LogP contribution is -2.19. The molecule has 3 heterocycles. The summed E-state index contributed by atoms with van der Waals surface area (Å²) in [4.78, 5) is 33.3. The fourth-order valence-electron chi connectivity index (χ4n) is 4.43. The van der Waals surface area contributed by atoms with Crippen molar-refractivity contribution >= 4 is 22.6 Å². The number of fused-ring (bicyclic) bond motifs is 1. The molecule has 0 aliphatic carbocycles. The lowest BCUT2D eigenvalue weighted by Gasteiger charge is -2.13. The molecule has 1 N–H and O–H groups in total. The highest BCUT2D eigenvalue weighted by molar-refractivity contribution is 5.98. The van der Waals surface area contributed by atoms with Gasteiger partial charge in [-0.15, -0.1) is 0 Å². The van der Waals surface area contributed by atoms with E-state index in [0.717, 1.165) is 28.6 Å². The van der Waals surface area contributed by atoms with E-state index in [1.165, 1.54) is 24.0 Å². The van der Waals surface area contributed by atoms with Gasteiger partial charge in [0, 0.05) is 55.4 Å². The van der Waals surface area contributed by atoms with Gasteiger partial charge in [-0.05, 0) is 65.9 Å². The molecule has 0 spiro atoms. The van der Waals surface area contributed by atoms with Crippen molar-refractivity contribution in [2.75, 3.05) is 7.05 Å². The van der Waals surface area contributed by atoms with E-state index in [-0.39, 0.29) is 23.6 Å². The number of benzene rings is 2. The Hall–Kier alpha value is -4.73. The lowest BCUT2D eigenvalue weighted by molar-refractivity contribution is -0.137. The number of carbonyl (C=O) groups excluding carboxylic acids is 2. The van der Waals surface area contributed by atoms with Gasteiger partial charge >= 0.3 is 6.18 Å². The molecule has 2 aromatic carbocycles. The van der Waals surface area contributed by atoms with E-state index < -0.39 is 17.5 Å². The van der Waals surface area contributed by atoms with Crippen LogP contribution < -0.4 is 5.32 Å². The molecule has 1 amide bonds. The summed E-state index contributed by atoms with van der Waals surface area (Å²) in [5.41, 5.74) is 2.65. The maximum atomic E-state index is 13.6. The average molecular weight is 532 g/mol. The largest absolute Gasteiger partial charge is 0.416 e. The predicted molar refractivity (Wildman–Crippen MR) is 140 cm³/mol. The van der Waals surface area contributed by atoms with E-state index in [1.54, 1.807) is 31.5 Å². The zero-order valence-corrected chi connectivity index (χ0v) is 21.2. The Bertz CT molecular complexity index is 1700. The quantitative estimate of drug-likeness (QED) is 0.286. The van der Waals surface area contributed by atoms with E-state index in [2.05, 4.69) is 15.3 Å². The first-order valence-corrected chi connectivity index (χ1v) is 12.1. The van der Waals surface area contributed by atoms with Crippen LogP contribution in [-0.4, -0.2) is 37.8 Å². The van der Waals surface area contributed by atoms with Gasteiger partial charge in [0.25, 0.3) is 5.91 Å². The normalized spacial score (nSPS) is 11.6. The molecule has 39 heavy (non-hydrogen) atoms. The maximum absolute atomic E-state index is 13.6. The number of rotatable bonds is 7. The van der Waals surface area contributed by atoms with Crippen LogP contribution in [0.5, 0.6) is 0 Å². The maximum Gasteiger partial charge on any atom is 0.416 e. The van der Waals surface area contributed by atoms with Crippen LogP contribution in [0, 0.1) is 6.92 Å². The number of alkyl halides is 3. The van der Waals surface area contributed by atoms with Gasteiger partial charge in [-0.2, -0.15) is 13.2 Å². The van der Waals surface area contributed by atoms with E-state index in [4.69, 9.17) is 0 Å². The zero-order valence-electron chi connectivity index (χ0n) is 21.2. The van der Waals surface area contributed by atoms with Crippen LogP contribution in [0.25, 0.3) is 16.6 Å². The molecule has 10 heteroatoms. The summed E-state index contributed by atoms with van der Waals surface area (Å²) in [6, 6.07) is 14.4. The second kappa shape index (κ2) is 10.2. The number of aromatic nitrogens is 4. The van der Waals surface area contributed by atoms with E-state index >= 15 is 0 Å². The van der Waals surface area contributed by atoms with E-state index in [0.29, 0.717) is 23.5 Å². The monoisotopic (exact) mass is 531 g/mol. The highest BCUT2D eigenvalue weighted by Gasteiger charge is 2.32. The third kappa shape index (κ3) is 5.59. The molecule has 198 valence electrons. The van der Waals surface area contributed by atoms with Gasteiger partial charge in [0.1, 0.15) is 5.69 Å². The Morgan fingerprint density at radius 1 is 0.974 bits per heavy atom. The van der Waals surface area contributed by atoms with Crippen molar-refractivity contribution in [3.8, 4) is 5.69 Å². The number of ketones is 1. The summed E-state index contributed by atoms with van der Waals surface area (Å²) in [6.07, 6.45) is 1.83. The molecule has 0 unspecified atom stereocenters. The predicted octanol–water partition coefficient (Wildman–Crippen LogP) is 5.38. The number of nitrogens with zero attached hydrogens (tertiary/aromatic N) is 4. The summed E-state index contributed by atoms with van der Waals surface area (Å²) >= 11 is 0. The minimum absolute atomic E-state index is 0.0276. The molecule has 0 saturated heterocycles. The number of hydrogen-bond acceptors (Lipinski definition) is 4. The van der Waals surface area contributed by atoms with Gasteiger partial charge in [0.05, 0.1) is 17.6 Å². The van der Waals surface area contributed by atoms with Gasteiger partial charge in [-0.1, -0.05) is 12.1 Å². The molecule has 5 rings (SSSR count). The molecular formula is C29H24F3N5O2. The van der Waals surface area contributed by atoms with Gasteiger partial charge in [-0.3, -0.25) is 14.6 Å². The van der Waals surface area contributed by atoms with E-state index in [1.807, 2.05) is 35.0 Å². The smallest absolute Gasteiger partial charge is 0.354 e. The molecule has 0 bridgehead atoms. The fourth-order valence-corrected chi connectivity index (χ4v) is 4.43. The van der Waals surface area contributed by atoms with Crippen molar-refractivity contribution < 1.29 is 22.8 Å². The molecule has 0 aliphatic rings. The van der Waals surface area contributed by atoms with Gasteiger partial charge in [-0.25, -0.2) is 4.98 Å². The molecule has 0 fully saturated rings. The van der Waals surface area contributed by atoms with E-state index in [9.17, 15) is 22.8 Å². The van der Waals surface area contributed by atoms with Crippen molar-refractivity contribution in [2.45, 2.75) is 26.1 Å². The zero-order chi connectivity index (χ0) is 27.7. The summed E-state index contributed by atoms with van der Waals surface area (Å²) in [5.74, 6) is -0.711. The van der Waals surface area contributed by atoms with Crippen molar-refractivity contribution in [1.29, 1.82) is 0 Å². The highest BCUT2D eigenvalue weighted by Crippen LogP contribution is 2.32. The first-order chi connectivity index (χ1) is 18.6. The summed E-state index contributed by atoms with van der Waals surface area (Å²) in [6.45, 7) is 2.20. The standard InChI is InChI=1S/C29H24F3N5O2/c1-18-15-37(17-35-18)24-13-22(12-23(14-24)29(30,31)32)27(38)11-19-3-4-21-6-8-36(26(21)10-19)16-20-5-7-34-25(9-20)28(39)33-2/h3-10,12-15,17H,11,16H2,1-2H3,(H,33,39). The van der Waals surface area contributed by atoms with Crippen LogP contribution in [0.3, 0.4) is 0 Å². The third-order valence-electron chi connectivity index (χ3n) is 6.42. The molecule has 0 saturated carbocycles. The Balaban J connectivity index is 1.43. The SMILES string of the molecule is CNC(=O)c1cc(Cn2ccc3ccc(CC(=O)c4cc(-n5cnc(C)c5)cc(C(F)(F)F)c4)cc32)ccn1. The first-order valence-electron chi connectivity index (χ1n) is 12.1. The molecule has 3 aromatic heterocycles. The van der Waals surface area contributed by atoms with Crippen LogP contribution in [0.2, 0.25) is 0 Å². The number of pyridine rings is 1. The van der Waals surface area contributed by atoms with Crippen LogP contribution in [0.1, 0.15) is 43.2 Å². The number of hydrogen-bond donors (Lipinski definition) is 1.